The fraction of sp³-hybridized carbons (Fsp3) is 0.286. The second-order valence-corrected chi connectivity index (χ2v) is 21.9. The molecule has 0 saturated heterocycles. The fourth-order valence-corrected chi connectivity index (χ4v) is 13.6. The van der Waals surface area contributed by atoms with Gasteiger partial charge in [-0.1, -0.05) is 48.6 Å². The first-order valence-corrected chi connectivity index (χ1v) is 28.4. The van der Waals surface area contributed by atoms with Gasteiger partial charge in [-0.05, 0) is 106 Å². The van der Waals surface area contributed by atoms with E-state index in [1.54, 1.807) is 51.1 Å². The number of rotatable bonds is 31. The number of thiophene rings is 6. The van der Waals surface area contributed by atoms with Crippen LogP contribution >= 0.6 is 68.0 Å². The van der Waals surface area contributed by atoms with Gasteiger partial charge in [0.1, 0.15) is 13.2 Å². The van der Waals surface area contributed by atoms with Crippen molar-refractivity contribution in [3.05, 3.63) is 130 Å². The number of ether oxygens (including phenoxy) is 10. The molecule has 0 unspecified atom stereocenters. The van der Waals surface area contributed by atoms with Gasteiger partial charge in [0.2, 0.25) is 0 Å². The Morgan fingerprint density at radius 3 is 1.14 bits per heavy atom. The van der Waals surface area contributed by atoms with Crippen molar-refractivity contribution >= 4 is 92.3 Å². The van der Waals surface area contributed by atoms with E-state index in [-0.39, 0.29) is 0 Å². The molecule has 0 bridgehead atoms. The van der Waals surface area contributed by atoms with Gasteiger partial charge in [0, 0.05) is 53.2 Å². The van der Waals surface area contributed by atoms with Gasteiger partial charge >= 0.3 is 0 Å². The lowest BCUT2D eigenvalue weighted by Crippen LogP contribution is -2.12. The maximum Gasteiger partial charge on any atom is 0.161 e. The molecule has 6 aromatic heterocycles. The molecule has 0 atom stereocenters. The van der Waals surface area contributed by atoms with E-state index in [1.807, 2.05) is 69.6 Å². The summed E-state index contributed by atoms with van der Waals surface area (Å²) in [5.74, 6) is 2.69. The van der Waals surface area contributed by atoms with Gasteiger partial charge in [0.25, 0.3) is 0 Å². The summed E-state index contributed by atoms with van der Waals surface area (Å²) in [6.45, 7) is 5.99. The van der Waals surface area contributed by atoms with Crippen molar-refractivity contribution in [2.24, 2.45) is 0 Å². The van der Waals surface area contributed by atoms with Crippen molar-refractivity contribution in [3.8, 4) is 71.8 Å². The van der Waals surface area contributed by atoms with E-state index in [2.05, 4.69) is 108 Å². The molecule has 0 radical (unpaired) electrons. The van der Waals surface area contributed by atoms with Gasteiger partial charge < -0.3 is 47.4 Å². The molecular formula is C56H58O10S6. The predicted molar refractivity (Wildman–Crippen MR) is 303 cm³/mol. The average Bonchev–Trinajstić information content (AvgIpc) is 4.27. The van der Waals surface area contributed by atoms with Crippen molar-refractivity contribution in [1.82, 2.24) is 0 Å². The highest BCUT2D eigenvalue weighted by atomic mass is 32.1. The molecule has 0 fully saturated rings. The van der Waals surface area contributed by atoms with Crippen LogP contribution in [-0.4, -0.2) is 108 Å². The molecule has 72 heavy (non-hydrogen) atoms. The van der Waals surface area contributed by atoms with Crippen molar-refractivity contribution in [2.45, 2.75) is 0 Å². The van der Waals surface area contributed by atoms with Crippen LogP contribution in [0.3, 0.4) is 0 Å². The normalized spacial score (nSPS) is 11.7. The van der Waals surface area contributed by atoms with Crippen LogP contribution in [0.4, 0.5) is 0 Å². The van der Waals surface area contributed by atoms with Gasteiger partial charge in [-0.2, -0.15) is 0 Å². The summed E-state index contributed by atoms with van der Waals surface area (Å²) < 4.78 is 55.7. The molecule has 0 amide bonds. The summed E-state index contributed by atoms with van der Waals surface area (Å²) >= 11 is 10.9. The zero-order valence-electron chi connectivity index (χ0n) is 40.7. The van der Waals surface area contributed by atoms with Crippen LogP contribution in [0.2, 0.25) is 0 Å². The highest BCUT2D eigenvalue weighted by Gasteiger charge is 2.18. The van der Waals surface area contributed by atoms with Crippen molar-refractivity contribution in [1.29, 1.82) is 0 Å². The molecule has 0 saturated carbocycles. The SMILES string of the molecule is COCCOCCOCCOc1ccc(/C=C/c2cc(-c3cccs3)sc2-c2ccc(-c3ccc(-c4sc(-c5cccs5)cc4/C=C/c4ccc(OCCOCCOCCOC)c(OC)c4)s3)s2)cc1OC. The smallest absolute Gasteiger partial charge is 0.161 e. The number of hydrogen-bond acceptors (Lipinski definition) is 16. The van der Waals surface area contributed by atoms with Crippen LogP contribution in [0.15, 0.2) is 108 Å². The Morgan fingerprint density at radius 1 is 0.347 bits per heavy atom. The molecule has 8 rings (SSSR count). The molecule has 0 N–H and O–H groups in total. The second kappa shape index (κ2) is 28.5. The molecule has 0 spiro atoms. The molecule has 6 heterocycles. The molecule has 378 valence electrons. The lowest BCUT2D eigenvalue weighted by molar-refractivity contribution is 0.0178. The van der Waals surface area contributed by atoms with E-state index < -0.39 is 0 Å². The summed E-state index contributed by atoms with van der Waals surface area (Å²) in [5, 5.41) is 4.27. The molecule has 16 heteroatoms. The van der Waals surface area contributed by atoms with E-state index in [0.29, 0.717) is 102 Å². The van der Waals surface area contributed by atoms with Crippen molar-refractivity contribution in [3.63, 3.8) is 0 Å². The quantitative estimate of drug-likeness (QED) is 0.0391. The van der Waals surface area contributed by atoms with Crippen molar-refractivity contribution < 1.29 is 47.4 Å². The monoisotopic (exact) mass is 1080 g/mol. The van der Waals surface area contributed by atoms with Gasteiger partial charge in [-0.3, -0.25) is 0 Å². The Hall–Kier alpha value is -4.92. The highest BCUT2D eigenvalue weighted by Crippen LogP contribution is 2.48. The summed E-state index contributed by atoms with van der Waals surface area (Å²) in [7, 11) is 6.64. The molecule has 2 aromatic carbocycles. The van der Waals surface area contributed by atoms with Crippen molar-refractivity contribution in [2.75, 3.05) is 108 Å². The van der Waals surface area contributed by atoms with Gasteiger partial charge in [0.05, 0.1) is 90.0 Å². The minimum absolute atomic E-state index is 0.404. The average molecular weight is 1080 g/mol. The number of benzene rings is 2. The van der Waals surface area contributed by atoms with Gasteiger partial charge in [-0.25, -0.2) is 0 Å². The van der Waals surface area contributed by atoms with Crippen LogP contribution < -0.4 is 18.9 Å². The maximum absolute atomic E-state index is 6.02. The Kier molecular flexibility index (Phi) is 21.1. The third kappa shape index (κ3) is 15.1. The standard InChI is InChI=1S/C56H58O10S6/c1-57-21-23-61-25-27-63-29-31-65-43-15-11-39(35-45(43)59-3)9-13-41-37-53(47-7-5-33-67-47)71-55(41)51-19-17-49(69-51)50-18-20-52(70-50)56-42(38-54(72-56)48-8-6-34-68-48)14-10-40-12-16-44(46(36-40)60-4)66-32-30-64-28-26-62-24-22-58-2/h5-20,33-38H,21-32H2,1-4H3/b13-9+,14-10+. The first kappa shape index (κ1) is 53.4. The molecule has 8 aromatic rings. The van der Waals surface area contributed by atoms with Gasteiger partial charge in [-0.15, -0.1) is 68.0 Å². The molecule has 10 nitrogen and oxygen atoms in total. The molecule has 0 aliphatic heterocycles. The van der Waals surface area contributed by atoms with Crippen LogP contribution in [0.1, 0.15) is 22.3 Å². The zero-order valence-corrected chi connectivity index (χ0v) is 45.6. The summed E-state index contributed by atoms with van der Waals surface area (Å²) in [5.41, 5.74) is 4.36. The van der Waals surface area contributed by atoms with Crippen LogP contribution in [0, 0.1) is 0 Å². The summed E-state index contributed by atoms with van der Waals surface area (Å²) in [4.78, 5) is 12.4. The largest absolute Gasteiger partial charge is 0.493 e. The van der Waals surface area contributed by atoms with Crippen LogP contribution in [0.25, 0.3) is 73.1 Å². The Labute approximate surface area is 446 Å². The summed E-state index contributed by atoms with van der Waals surface area (Å²) in [6, 6.07) is 34.3. The maximum atomic E-state index is 6.02. The van der Waals surface area contributed by atoms with E-state index in [0.717, 1.165) is 11.1 Å². The van der Waals surface area contributed by atoms with E-state index in [9.17, 15) is 0 Å². The Bertz CT molecular complexity index is 2710. The number of hydrogen-bond donors (Lipinski definition) is 0. The first-order valence-electron chi connectivity index (χ1n) is 23.4. The van der Waals surface area contributed by atoms with E-state index in [1.165, 1.54) is 59.9 Å². The van der Waals surface area contributed by atoms with E-state index in [4.69, 9.17) is 47.4 Å². The van der Waals surface area contributed by atoms with Crippen LogP contribution in [-0.2, 0) is 28.4 Å². The Balaban J connectivity index is 0.958. The first-order chi connectivity index (χ1) is 35.5. The lowest BCUT2D eigenvalue weighted by Gasteiger charge is -2.12. The zero-order chi connectivity index (χ0) is 49.7. The minimum atomic E-state index is 0.404. The molecular weight excluding hydrogens is 1030 g/mol. The summed E-state index contributed by atoms with van der Waals surface area (Å²) in [6.07, 6.45) is 8.70. The molecule has 0 aliphatic rings. The van der Waals surface area contributed by atoms with Gasteiger partial charge in [0.15, 0.2) is 23.0 Å². The molecule has 0 aliphatic carbocycles. The third-order valence-corrected chi connectivity index (χ3v) is 18.0. The van der Waals surface area contributed by atoms with Crippen LogP contribution in [0.5, 0.6) is 23.0 Å². The highest BCUT2D eigenvalue weighted by molar-refractivity contribution is 7.30. The fourth-order valence-electron chi connectivity index (χ4n) is 7.24. The minimum Gasteiger partial charge on any atom is -0.493 e. The predicted octanol–water partition coefficient (Wildman–Crippen LogP) is 14.9. The number of methoxy groups -OCH3 is 4. The lowest BCUT2D eigenvalue weighted by atomic mass is 10.1. The second-order valence-electron chi connectivity index (χ2n) is 15.7. The van der Waals surface area contributed by atoms with E-state index >= 15 is 0 Å². The Morgan fingerprint density at radius 2 is 0.750 bits per heavy atom. The topological polar surface area (TPSA) is 92.3 Å². The third-order valence-electron chi connectivity index (χ3n) is 10.8.